The van der Waals surface area contributed by atoms with Crippen LogP contribution in [0.3, 0.4) is 0 Å². The molecule has 2 aliphatic rings. The lowest BCUT2D eigenvalue weighted by Gasteiger charge is -2.42. The van der Waals surface area contributed by atoms with Crippen LogP contribution in [0.5, 0.6) is 5.75 Å². The summed E-state index contributed by atoms with van der Waals surface area (Å²) in [6.45, 7) is 4.15. The number of halogens is 3. The molecule has 1 spiro atoms. The highest BCUT2D eigenvalue weighted by Gasteiger charge is 2.43. The van der Waals surface area contributed by atoms with Crippen molar-refractivity contribution in [3.05, 3.63) is 46.7 Å². The molecule has 34 heavy (non-hydrogen) atoms. The van der Waals surface area contributed by atoms with Gasteiger partial charge in [0.05, 0.1) is 32.6 Å². The average molecular weight is 503 g/mol. The molecule has 4 rings (SSSR count). The Hall–Kier alpha value is -2.67. The van der Waals surface area contributed by atoms with Crippen LogP contribution in [0, 0.1) is 0 Å². The van der Waals surface area contributed by atoms with E-state index in [1.54, 1.807) is 18.4 Å². The molecule has 1 atom stereocenters. The molecule has 2 aromatic rings. The highest BCUT2D eigenvalue weighted by Crippen LogP contribution is 2.29. The van der Waals surface area contributed by atoms with Gasteiger partial charge in [0.15, 0.2) is 0 Å². The van der Waals surface area contributed by atoms with E-state index in [2.05, 4.69) is 17.0 Å². The fourth-order valence-electron chi connectivity index (χ4n) is 3.65. The second kappa shape index (κ2) is 11.2. The molecular formula is C22H25F3N2O6S. The second-order valence-corrected chi connectivity index (χ2v) is 8.63. The molecule has 8 nitrogen and oxygen atoms in total. The van der Waals surface area contributed by atoms with Gasteiger partial charge in [-0.1, -0.05) is 12.1 Å². The Balaban J connectivity index is 0.000000406. The molecule has 0 radical (unpaired) electrons. The van der Waals surface area contributed by atoms with Gasteiger partial charge in [0.25, 0.3) is 5.91 Å². The monoisotopic (exact) mass is 502 g/mol. The number of carbonyl (C=O) groups is 2. The average Bonchev–Trinajstić information content (AvgIpc) is 3.26. The summed E-state index contributed by atoms with van der Waals surface area (Å²) in [6, 6.07) is 10.1. The van der Waals surface area contributed by atoms with Crippen molar-refractivity contribution in [2.75, 3.05) is 51.5 Å². The SMILES string of the molecule is COc1ccc(CN2CCOCC3(C2)CN(c2ccsc2)C(=O)CO3)cc1.O=C(O)C(F)(F)F. The van der Waals surface area contributed by atoms with E-state index in [0.717, 1.165) is 31.1 Å². The Bertz CT molecular complexity index is 955. The van der Waals surface area contributed by atoms with E-state index >= 15 is 0 Å². The van der Waals surface area contributed by atoms with Gasteiger partial charge in [0.1, 0.15) is 18.0 Å². The van der Waals surface area contributed by atoms with Crippen LogP contribution in [-0.4, -0.2) is 80.2 Å². The zero-order valence-corrected chi connectivity index (χ0v) is 19.2. The first-order valence-electron chi connectivity index (χ1n) is 10.3. The highest BCUT2D eigenvalue weighted by atomic mass is 32.1. The summed E-state index contributed by atoms with van der Waals surface area (Å²) < 4.78 is 48.9. The van der Waals surface area contributed by atoms with E-state index in [0.29, 0.717) is 19.8 Å². The van der Waals surface area contributed by atoms with Crippen LogP contribution >= 0.6 is 11.3 Å². The lowest BCUT2D eigenvalue weighted by molar-refractivity contribution is -0.192. The maximum atomic E-state index is 12.4. The molecule has 0 bridgehead atoms. The van der Waals surface area contributed by atoms with Crippen LogP contribution in [0.15, 0.2) is 41.1 Å². The number of ether oxygens (including phenoxy) is 3. The van der Waals surface area contributed by atoms with E-state index in [-0.39, 0.29) is 12.5 Å². The number of hydrogen-bond donors (Lipinski definition) is 1. The maximum absolute atomic E-state index is 12.4. The summed E-state index contributed by atoms with van der Waals surface area (Å²) in [6.07, 6.45) is -5.08. The van der Waals surface area contributed by atoms with Crippen LogP contribution in [0.1, 0.15) is 5.56 Å². The largest absolute Gasteiger partial charge is 0.497 e. The van der Waals surface area contributed by atoms with Gasteiger partial charge in [0, 0.05) is 25.0 Å². The lowest BCUT2D eigenvalue weighted by Crippen LogP contribution is -2.60. The van der Waals surface area contributed by atoms with Crippen LogP contribution in [0.2, 0.25) is 0 Å². The first-order chi connectivity index (χ1) is 16.1. The minimum Gasteiger partial charge on any atom is -0.497 e. The Morgan fingerprint density at radius 2 is 1.94 bits per heavy atom. The molecular weight excluding hydrogens is 477 g/mol. The number of carbonyl (C=O) groups excluding carboxylic acids is 1. The Morgan fingerprint density at radius 3 is 2.53 bits per heavy atom. The topological polar surface area (TPSA) is 88.5 Å². The number of thiophene rings is 1. The van der Waals surface area contributed by atoms with Gasteiger partial charge in [-0.3, -0.25) is 9.69 Å². The van der Waals surface area contributed by atoms with Gasteiger partial charge in [-0.15, -0.1) is 0 Å². The number of carboxylic acids is 1. The highest BCUT2D eigenvalue weighted by molar-refractivity contribution is 7.08. The first kappa shape index (κ1) is 25.9. The van der Waals surface area contributed by atoms with Crippen molar-refractivity contribution in [1.82, 2.24) is 4.90 Å². The van der Waals surface area contributed by atoms with Gasteiger partial charge in [-0.25, -0.2) is 4.79 Å². The summed E-state index contributed by atoms with van der Waals surface area (Å²) in [5, 5.41) is 11.1. The number of amides is 1. The van der Waals surface area contributed by atoms with E-state index in [1.807, 2.05) is 33.9 Å². The molecule has 3 heterocycles. The summed E-state index contributed by atoms with van der Waals surface area (Å²) in [7, 11) is 1.67. The third-order valence-corrected chi connectivity index (χ3v) is 5.97. The number of rotatable bonds is 4. The quantitative estimate of drug-likeness (QED) is 0.688. The van der Waals surface area contributed by atoms with Crippen molar-refractivity contribution in [1.29, 1.82) is 0 Å². The molecule has 2 aliphatic heterocycles. The van der Waals surface area contributed by atoms with Crippen LogP contribution in [0.4, 0.5) is 18.9 Å². The summed E-state index contributed by atoms with van der Waals surface area (Å²) in [5.41, 5.74) is 1.66. The van der Waals surface area contributed by atoms with Gasteiger partial charge in [0.2, 0.25) is 0 Å². The number of anilines is 1. The number of aliphatic carboxylic acids is 1. The molecule has 1 aromatic carbocycles. The van der Waals surface area contributed by atoms with Crippen molar-refractivity contribution in [2.24, 2.45) is 0 Å². The van der Waals surface area contributed by atoms with Gasteiger partial charge in [-0.05, 0) is 29.1 Å². The number of alkyl halides is 3. The number of carboxylic acid groups (broad SMARTS) is 1. The minimum atomic E-state index is -5.08. The number of hydrogen-bond acceptors (Lipinski definition) is 7. The van der Waals surface area contributed by atoms with Crippen LogP contribution in [-0.2, 0) is 25.6 Å². The number of morpholine rings is 1. The fourth-order valence-corrected chi connectivity index (χ4v) is 4.29. The van der Waals surface area contributed by atoms with Crippen molar-refractivity contribution in [3.8, 4) is 5.75 Å². The lowest BCUT2D eigenvalue weighted by atomic mass is 10.0. The molecule has 2 saturated heterocycles. The Labute approximate surface area is 198 Å². The molecule has 1 aromatic heterocycles. The van der Waals surface area contributed by atoms with E-state index < -0.39 is 17.7 Å². The van der Waals surface area contributed by atoms with Gasteiger partial charge < -0.3 is 24.2 Å². The normalized spacial score (nSPS) is 21.5. The molecule has 1 N–H and O–H groups in total. The summed E-state index contributed by atoms with van der Waals surface area (Å²) in [5.74, 6) is -1.90. The standard InChI is InChI=1S/C20H24N2O4S.C2HF3O2/c1-24-18-4-2-16(3-5-18)10-21-7-8-25-15-20(13-21)14-22(19(23)11-26-20)17-6-9-27-12-17;3-2(4,5)1(6)7/h2-6,9,12H,7-8,10-11,13-15H2,1H3;(H,6,7). The Kier molecular flexibility index (Phi) is 8.52. The van der Waals surface area contributed by atoms with Gasteiger partial charge in [-0.2, -0.15) is 24.5 Å². The van der Waals surface area contributed by atoms with Crippen LogP contribution < -0.4 is 9.64 Å². The number of methoxy groups -OCH3 is 1. The fraction of sp³-hybridized carbons (Fsp3) is 0.455. The van der Waals surface area contributed by atoms with E-state index in [4.69, 9.17) is 24.1 Å². The molecule has 0 saturated carbocycles. The molecule has 186 valence electrons. The summed E-state index contributed by atoms with van der Waals surface area (Å²) in [4.78, 5) is 25.4. The minimum absolute atomic E-state index is 0.00461. The first-order valence-corrected chi connectivity index (χ1v) is 11.3. The smallest absolute Gasteiger partial charge is 0.490 e. The van der Waals surface area contributed by atoms with E-state index in [1.165, 1.54) is 5.56 Å². The maximum Gasteiger partial charge on any atom is 0.490 e. The zero-order valence-electron chi connectivity index (χ0n) is 18.4. The predicted octanol–water partition coefficient (Wildman–Crippen LogP) is 3.02. The zero-order chi connectivity index (χ0) is 24.8. The van der Waals surface area contributed by atoms with E-state index in [9.17, 15) is 18.0 Å². The molecule has 1 unspecified atom stereocenters. The predicted molar refractivity (Wildman–Crippen MR) is 118 cm³/mol. The Morgan fingerprint density at radius 1 is 1.24 bits per heavy atom. The van der Waals surface area contributed by atoms with Crippen molar-refractivity contribution >= 4 is 28.9 Å². The number of nitrogens with zero attached hydrogens (tertiary/aromatic N) is 2. The van der Waals surface area contributed by atoms with Crippen molar-refractivity contribution < 1.29 is 42.1 Å². The third-order valence-electron chi connectivity index (χ3n) is 5.30. The molecule has 1 amide bonds. The van der Waals surface area contributed by atoms with Crippen LogP contribution in [0.25, 0.3) is 0 Å². The number of benzene rings is 1. The molecule has 12 heteroatoms. The second-order valence-electron chi connectivity index (χ2n) is 7.85. The van der Waals surface area contributed by atoms with Gasteiger partial charge >= 0.3 is 12.1 Å². The summed E-state index contributed by atoms with van der Waals surface area (Å²) >= 11 is 1.59. The molecule has 2 fully saturated rings. The third kappa shape index (κ3) is 6.92. The van der Waals surface area contributed by atoms with Crippen molar-refractivity contribution in [3.63, 3.8) is 0 Å². The molecule has 0 aliphatic carbocycles. The van der Waals surface area contributed by atoms with Crippen molar-refractivity contribution in [2.45, 2.75) is 18.3 Å².